The van der Waals surface area contributed by atoms with Gasteiger partial charge in [-0.3, -0.25) is 4.57 Å². The number of phenols is 1. The third kappa shape index (κ3) is 5.03. The molecule has 1 unspecified atom stereocenters. The molecule has 0 amide bonds. The third-order valence-electron chi connectivity index (χ3n) is 4.67. The highest BCUT2D eigenvalue weighted by atomic mass is 31.2. The Morgan fingerprint density at radius 3 is 2.21 bits per heavy atom. The first-order valence-corrected chi connectivity index (χ1v) is 11.4. The molecule has 0 saturated heterocycles. The van der Waals surface area contributed by atoms with Crippen molar-refractivity contribution in [2.75, 3.05) is 13.0 Å². The maximum Gasteiger partial charge on any atom is 0.233 e. The molecule has 0 spiro atoms. The molecular formula is C23H25O4P. The quantitative estimate of drug-likeness (QED) is 0.540. The number of hydrogen-bond donors (Lipinski definition) is 2. The van der Waals surface area contributed by atoms with Crippen LogP contribution >= 0.6 is 7.37 Å². The molecule has 0 aliphatic carbocycles. The highest BCUT2D eigenvalue weighted by molar-refractivity contribution is 7.56. The van der Waals surface area contributed by atoms with Crippen molar-refractivity contribution in [1.29, 1.82) is 0 Å². The van der Waals surface area contributed by atoms with Crippen LogP contribution in [-0.4, -0.2) is 23.0 Å². The average Bonchev–Trinajstić information content (AvgIpc) is 2.64. The minimum absolute atomic E-state index is 0.191. The fourth-order valence-electron chi connectivity index (χ4n) is 3.26. The summed E-state index contributed by atoms with van der Waals surface area (Å²) in [6.45, 7) is 5.31. The van der Waals surface area contributed by atoms with Gasteiger partial charge in [0.05, 0.1) is 0 Å². The molecular weight excluding hydrogens is 371 g/mol. The molecule has 0 fully saturated rings. The summed E-state index contributed by atoms with van der Waals surface area (Å²) in [4.78, 5) is 9.42. The van der Waals surface area contributed by atoms with Gasteiger partial charge < -0.3 is 14.7 Å². The molecule has 5 heteroatoms. The smallest absolute Gasteiger partial charge is 0.233 e. The first-order chi connectivity index (χ1) is 13.2. The average molecular weight is 396 g/mol. The highest BCUT2D eigenvalue weighted by Gasteiger charge is 2.13. The molecule has 28 heavy (non-hydrogen) atoms. The minimum Gasteiger partial charge on any atom is -0.507 e. The molecule has 1 atom stereocenters. The van der Waals surface area contributed by atoms with Crippen LogP contribution in [-0.2, 0) is 11.0 Å². The summed E-state index contributed by atoms with van der Waals surface area (Å²) in [5, 5.41) is 10.3. The van der Waals surface area contributed by atoms with Gasteiger partial charge in [-0.25, -0.2) is 0 Å². The Morgan fingerprint density at radius 2 is 1.61 bits per heavy atom. The zero-order chi connectivity index (χ0) is 20.3. The summed E-state index contributed by atoms with van der Waals surface area (Å²) in [5.74, 6) is 0.866. The topological polar surface area (TPSA) is 66.8 Å². The summed E-state index contributed by atoms with van der Waals surface area (Å²) in [6.07, 6.45) is 0.536. The van der Waals surface area contributed by atoms with Crippen molar-refractivity contribution in [3.05, 3.63) is 82.9 Å². The maximum atomic E-state index is 11.5. The van der Waals surface area contributed by atoms with Crippen LogP contribution in [0.2, 0.25) is 0 Å². The van der Waals surface area contributed by atoms with E-state index in [-0.39, 0.29) is 12.1 Å². The van der Waals surface area contributed by atoms with Crippen molar-refractivity contribution >= 4 is 7.37 Å². The molecule has 0 aliphatic rings. The largest absolute Gasteiger partial charge is 0.507 e. The Labute approximate surface area is 165 Å². The molecule has 3 aromatic rings. The van der Waals surface area contributed by atoms with E-state index in [0.29, 0.717) is 5.75 Å². The van der Waals surface area contributed by atoms with Gasteiger partial charge in [0.15, 0.2) is 6.35 Å². The van der Waals surface area contributed by atoms with E-state index in [0.717, 1.165) is 34.2 Å². The van der Waals surface area contributed by atoms with Crippen LogP contribution in [0.4, 0.5) is 0 Å². The monoisotopic (exact) mass is 396 g/mol. The van der Waals surface area contributed by atoms with E-state index >= 15 is 0 Å². The Kier molecular flexibility index (Phi) is 5.93. The summed E-state index contributed by atoms with van der Waals surface area (Å²) >= 11 is 0. The van der Waals surface area contributed by atoms with Crippen LogP contribution in [0.3, 0.4) is 0 Å². The molecule has 0 saturated carbocycles. The molecule has 0 aliphatic heterocycles. The molecule has 0 aromatic heterocycles. The van der Waals surface area contributed by atoms with Crippen LogP contribution in [0.15, 0.2) is 60.7 Å². The van der Waals surface area contributed by atoms with Gasteiger partial charge in [0, 0.05) is 12.2 Å². The zero-order valence-corrected chi connectivity index (χ0v) is 17.2. The SMILES string of the molecule is Cc1cc(OCP(C)(=O)O)cc(C)c1Cc1ccc(O)c(-c2ccccc2)c1. The fraction of sp³-hybridized carbons (Fsp3) is 0.217. The van der Waals surface area contributed by atoms with Gasteiger partial charge in [-0.1, -0.05) is 36.4 Å². The lowest BCUT2D eigenvalue weighted by Crippen LogP contribution is -2.01. The van der Waals surface area contributed by atoms with Crippen LogP contribution in [0.1, 0.15) is 22.3 Å². The van der Waals surface area contributed by atoms with Crippen molar-refractivity contribution in [1.82, 2.24) is 0 Å². The van der Waals surface area contributed by atoms with Crippen molar-refractivity contribution in [2.24, 2.45) is 0 Å². The minimum atomic E-state index is -3.21. The van der Waals surface area contributed by atoms with E-state index in [9.17, 15) is 14.6 Å². The van der Waals surface area contributed by atoms with Crippen LogP contribution in [0.5, 0.6) is 11.5 Å². The van der Waals surface area contributed by atoms with E-state index in [1.807, 2.05) is 68.4 Å². The molecule has 146 valence electrons. The number of aryl methyl sites for hydroxylation is 2. The standard InChI is InChI=1S/C23H25O4P/c1-16-11-20(27-15-28(3,25)26)12-17(2)21(16)13-18-9-10-23(24)22(14-18)19-7-5-4-6-8-19/h4-12,14,24H,13,15H2,1-3H3,(H,25,26). The second-order valence-corrected chi connectivity index (χ2v) is 9.61. The molecule has 0 radical (unpaired) electrons. The van der Waals surface area contributed by atoms with Gasteiger partial charge in [-0.2, -0.15) is 0 Å². The first-order valence-electron chi connectivity index (χ1n) is 9.12. The number of aromatic hydroxyl groups is 1. The van der Waals surface area contributed by atoms with Gasteiger partial charge in [0.2, 0.25) is 7.37 Å². The second kappa shape index (κ2) is 8.22. The fourth-order valence-corrected chi connectivity index (χ4v) is 3.64. The van der Waals surface area contributed by atoms with E-state index in [1.54, 1.807) is 6.07 Å². The van der Waals surface area contributed by atoms with E-state index in [2.05, 4.69) is 0 Å². The summed E-state index contributed by atoms with van der Waals surface area (Å²) in [5.41, 5.74) is 6.20. The van der Waals surface area contributed by atoms with Gasteiger partial charge >= 0.3 is 0 Å². The number of ether oxygens (including phenoxy) is 1. The Hall–Kier alpha value is -2.55. The van der Waals surface area contributed by atoms with Crippen molar-refractivity contribution < 1.29 is 19.3 Å². The predicted molar refractivity (Wildman–Crippen MR) is 114 cm³/mol. The lowest BCUT2D eigenvalue weighted by Gasteiger charge is -2.15. The highest BCUT2D eigenvalue weighted by Crippen LogP contribution is 2.36. The van der Waals surface area contributed by atoms with Crippen LogP contribution < -0.4 is 4.74 Å². The Morgan fingerprint density at radius 1 is 0.964 bits per heavy atom. The van der Waals surface area contributed by atoms with Gasteiger partial charge in [-0.05, 0) is 72.4 Å². The number of hydrogen-bond acceptors (Lipinski definition) is 3. The van der Waals surface area contributed by atoms with Gasteiger partial charge in [0.25, 0.3) is 0 Å². The molecule has 0 heterocycles. The number of benzene rings is 3. The van der Waals surface area contributed by atoms with E-state index in [4.69, 9.17) is 4.74 Å². The van der Waals surface area contributed by atoms with Gasteiger partial charge in [-0.15, -0.1) is 0 Å². The van der Waals surface area contributed by atoms with Crippen LogP contribution in [0, 0.1) is 13.8 Å². The first kappa shape index (κ1) is 20.2. The lowest BCUT2D eigenvalue weighted by atomic mass is 9.93. The zero-order valence-electron chi connectivity index (χ0n) is 16.3. The predicted octanol–water partition coefficient (Wildman–Crippen LogP) is 5.50. The third-order valence-corrected chi connectivity index (χ3v) is 5.28. The maximum absolute atomic E-state index is 11.5. The second-order valence-electron chi connectivity index (χ2n) is 7.25. The number of rotatable bonds is 6. The summed E-state index contributed by atoms with van der Waals surface area (Å²) in [6, 6.07) is 19.3. The lowest BCUT2D eigenvalue weighted by molar-refractivity contribution is 0.352. The molecule has 2 N–H and O–H groups in total. The van der Waals surface area contributed by atoms with Crippen molar-refractivity contribution in [3.63, 3.8) is 0 Å². The van der Waals surface area contributed by atoms with Crippen molar-refractivity contribution in [3.8, 4) is 22.6 Å². The normalized spacial score (nSPS) is 13.1. The molecule has 0 bridgehead atoms. The summed E-state index contributed by atoms with van der Waals surface area (Å²) < 4.78 is 16.9. The molecule has 4 nitrogen and oxygen atoms in total. The van der Waals surface area contributed by atoms with Gasteiger partial charge in [0.1, 0.15) is 11.5 Å². The van der Waals surface area contributed by atoms with Crippen LogP contribution in [0.25, 0.3) is 11.1 Å². The molecule has 3 rings (SSSR count). The Balaban J connectivity index is 1.87. The van der Waals surface area contributed by atoms with E-state index in [1.165, 1.54) is 12.2 Å². The summed E-state index contributed by atoms with van der Waals surface area (Å²) in [7, 11) is -3.21. The molecule has 3 aromatic carbocycles. The Bertz CT molecular complexity index is 999. The number of phenolic OH excluding ortho intramolecular Hbond substituents is 1. The van der Waals surface area contributed by atoms with Crippen molar-refractivity contribution in [2.45, 2.75) is 20.3 Å². The van der Waals surface area contributed by atoms with E-state index < -0.39 is 7.37 Å².